The Morgan fingerprint density at radius 2 is 1.88 bits per heavy atom. The molecule has 0 heterocycles. The Bertz CT molecular complexity index is 525. The molecule has 0 saturated carbocycles. The maximum Gasteiger partial charge on any atom is 1.00 e. The van der Waals surface area contributed by atoms with Crippen molar-refractivity contribution in [3.05, 3.63) is 46.4 Å². The zero-order chi connectivity index (χ0) is 10.8. The second-order valence-corrected chi connectivity index (χ2v) is 4.12. The van der Waals surface area contributed by atoms with Crippen molar-refractivity contribution < 1.29 is 39.5 Å². The Balaban J connectivity index is 0.00000128. The van der Waals surface area contributed by atoms with Crippen LogP contribution in [0.25, 0.3) is 10.8 Å². The number of rotatable bonds is 2. The average Bonchev–Trinajstić information content (AvgIpc) is 2.22. The minimum Gasteiger partial charge on any atom is -0.481 e. The fraction of sp³-hybridized carbons (Fsp3) is 0.0833. The van der Waals surface area contributed by atoms with Crippen LogP contribution in [0.4, 0.5) is 0 Å². The predicted octanol–water partition coefficient (Wildman–Crippen LogP) is 0.233. The zero-order valence-electron chi connectivity index (χ0n) is 8.90. The molecule has 0 unspecified atom stereocenters. The molecule has 0 atom stereocenters. The van der Waals surface area contributed by atoms with E-state index in [0.717, 1.165) is 20.8 Å². The van der Waals surface area contributed by atoms with Gasteiger partial charge in [-0.3, -0.25) is 4.79 Å². The third kappa shape index (κ3) is 2.86. The molecule has 2 nitrogen and oxygen atoms in total. The topological polar surface area (TPSA) is 37.3 Å². The van der Waals surface area contributed by atoms with E-state index < -0.39 is 5.97 Å². The largest absolute Gasteiger partial charge is 1.00 e. The van der Waals surface area contributed by atoms with Gasteiger partial charge >= 0.3 is 35.5 Å². The van der Waals surface area contributed by atoms with Gasteiger partial charge in [-0.1, -0.05) is 36.4 Å². The Labute approximate surface area is 124 Å². The van der Waals surface area contributed by atoms with E-state index in [9.17, 15) is 4.79 Å². The average molecular weight is 288 g/mol. The fourth-order valence-electron chi connectivity index (χ4n) is 1.58. The van der Waals surface area contributed by atoms with Crippen LogP contribution in [-0.4, -0.2) is 11.1 Å². The molecular formula is C12H9BrNaO2+. The molecule has 0 aliphatic heterocycles. The minimum atomic E-state index is -0.814. The Morgan fingerprint density at radius 3 is 2.56 bits per heavy atom. The SMILES string of the molecule is O=C(O)Cc1ccc2ccccc2c1Br.[Na+]. The van der Waals surface area contributed by atoms with Crippen LogP contribution in [0.15, 0.2) is 40.9 Å². The van der Waals surface area contributed by atoms with E-state index in [4.69, 9.17) is 5.11 Å². The summed E-state index contributed by atoms with van der Waals surface area (Å²) in [6.07, 6.45) is 0.0470. The number of carboxylic acids is 1. The molecule has 0 spiro atoms. The van der Waals surface area contributed by atoms with E-state index in [2.05, 4.69) is 15.9 Å². The summed E-state index contributed by atoms with van der Waals surface area (Å²) >= 11 is 3.45. The Hall–Kier alpha value is -0.350. The van der Waals surface area contributed by atoms with Crippen molar-refractivity contribution in [3.63, 3.8) is 0 Å². The minimum absolute atomic E-state index is 0. The fourth-order valence-corrected chi connectivity index (χ4v) is 2.21. The molecule has 0 fully saturated rings. The number of benzene rings is 2. The summed E-state index contributed by atoms with van der Waals surface area (Å²) in [6.45, 7) is 0. The van der Waals surface area contributed by atoms with E-state index >= 15 is 0 Å². The summed E-state index contributed by atoms with van der Waals surface area (Å²) in [5, 5.41) is 10.9. The van der Waals surface area contributed by atoms with Crippen molar-refractivity contribution in [2.75, 3.05) is 0 Å². The van der Waals surface area contributed by atoms with Crippen LogP contribution in [0.5, 0.6) is 0 Å². The quantitative estimate of drug-likeness (QED) is 0.804. The molecular weight excluding hydrogens is 279 g/mol. The van der Waals surface area contributed by atoms with E-state index in [-0.39, 0.29) is 36.0 Å². The molecule has 0 bridgehead atoms. The predicted molar refractivity (Wildman–Crippen MR) is 63.0 cm³/mol. The van der Waals surface area contributed by atoms with Crippen LogP contribution >= 0.6 is 15.9 Å². The summed E-state index contributed by atoms with van der Waals surface area (Å²) in [4.78, 5) is 10.6. The van der Waals surface area contributed by atoms with Crippen LogP contribution in [0.1, 0.15) is 5.56 Å². The molecule has 0 aliphatic carbocycles. The van der Waals surface area contributed by atoms with Gasteiger partial charge in [0.05, 0.1) is 6.42 Å². The third-order valence-corrected chi connectivity index (χ3v) is 3.22. The smallest absolute Gasteiger partial charge is 0.481 e. The molecule has 2 rings (SSSR count). The number of hydrogen-bond acceptors (Lipinski definition) is 1. The molecule has 0 aliphatic rings. The van der Waals surface area contributed by atoms with Gasteiger partial charge in [0.25, 0.3) is 0 Å². The van der Waals surface area contributed by atoms with E-state index in [1.54, 1.807) is 0 Å². The monoisotopic (exact) mass is 287 g/mol. The van der Waals surface area contributed by atoms with Gasteiger partial charge in [0.2, 0.25) is 0 Å². The van der Waals surface area contributed by atoms with Crippen molar-refractivity contribution in [3.8, 4) is 0 Å². The molecule has 2 aromatic carbocycles. The van der Waals surface area contributed by atoms with Gasteiger partial charge < -0.3 is 5.11 Å². The first-order chi connectivity index (χ1) is 7.18. The van der Waals surface area contributed by atoms with Crippen LogP contribution in [0.2, 0.25) is 0 Å². The first-order valence-corrected chi connectivity index (χ1v) is 5.35. The maximum absolute atomic E-state index is 10.6. The van der Waals surface area contributed by atoms with E-state index in [1.807, 2.05) is 36.4 Å². The number of carbonyl (C=O) groups is 1. The van der Waals surface area contributed by atoms with Crippen molar-refractivity contribution >= 4 is 32.7 Å². The third-order valence-electron chi connectivity index (χ3n) is 2.28. The number of halogens is 1. The molecule has 0 saturated heterocycles. The first kappa shape index (κ1) is 13.7. The first-order valence-electron chi connectivity index (χ1n) is 4.56. The van der Waals surface area contributed by atoms with Gasteiger partial charge in [0, 0.05) is 4.47 Å². The summed E-state index contributed by atoms with van der Waals surface area (Å²) in [7, 11) is 0. The molecule has 1 N–H and O–H groups in total. The van der Waals surface area contributed by atoms with Crippen LogP contribution in [-0.2, 0) is 11.2 Å². The van der Waals surface area contributed by atoms with Gasteiger partial charge in [-0.05, 0) is 32.3 Å². The van der Waals surface area contributed by atoms with E-state index in [0.29, 0.717) is 0 Å². The number of fused-ring (bicyclic) bond motifs is 1. The molecule has 0 amide bonds. The molecule has 0 radical (unpaired) electrons. The van der Waals surface area contributed by atoms with Crippen molar-refractivity contribution in [1.82, 2.24) is 0 Å². The maximum atomic E-state index is 10.6. The summed E-state index contributed by atoms with van der Waals surface area (Å²) in [6, 6.07) is 11.7. The summed E-state index contributed by atoms with van der Waals surface area (Å²) < 4.78 is 0.878. The van der Waals surface area contributed by atoms with Crippen LogP contribution < -0.4 is 29.6 Å². The zero-order valence-corrected chi connectivity index (χ0v) is 12.5. The number of carboxylic acid groups (broad SMARTS) is 1. The summed E-state index contributed by atoms with van der Waals surface area (Å²) in [5.41, 5.74) is 0.807. The van der Waals surface area contributed by atoms with Crippen LogP contribution in [0, 0.1) is 0 Å². The molecule has 2 aromatic rings. The van der Waals surface area contributed by atoms with Gasteiger partial charge in [-0.15, -0.1) is 0 Å². The van der Waals surface area contributed by atoms with E-state index in [1.165, 1.54) is 0 Å². The Kier molecular flexibility index (Phi) is 4.99. The molecule has 16 heavy (non-hydrogen) atoms. The van der Waals surface area contributed by atoms with Crippen molar-refractivity contribution in [2.24, 2.45) is 0 Å². The summed E-state index contributed by atoms with van der Waals surface area (Å²) in [5.74, 6) is -0.814. The standard InChI is InChI=1S/C12H9BrO2.Na/c13-12-9(7-11(14)15)6-5-8-3-1-2-4-10(8)12;/h1-6H,7H2,(H,14,15);/q;+1. The normalized spacial score (nSPS) is 9.81. The van der Waals surface area contributed by atoms with Crippen molar-refractivity contribution in [1.29, 1.82) is 0 Å². The van der Waals surface area contributed by atoms with Gasteiger partial charge in [-0.25, -0.2) is 0 Å². The number of aliphatic carboxylic acids is 1. The molecule has 0 aromatic heterocycles. The second kappa shape index (κ2) is 5.82. The second-order valence-electron chi connectivity index (χ2n) is 3.33. The number of hydrogen-bond donors (Lipinski definition) is 1. The molecule has 76 valence electrons. The Morgan fingerprint density at radius 1 is 1.19 bits per heavy atom. The van der Waals surface area contributed by atoms with Crippen molar-refractivity contribution in [2.45, 2.75) is 6.42 Å². The molecule has 4 heteroatoms. The van der Waals surface area contributed by atoms with Gasteiger partial charge in [-0.2, -0.15) is 0 Å². The van der Waals surface area contributed by atoms with Crippen LogP contribution in [0.3, 0.4) is 0 Å². The van der Waals surface area contributed by atoms with Gasteiger partial charge in [0.1, 0.15) is 0 Å². The van der Waals surface area contributed by atoms with Gasteiger partial charge in [0.15, 0.2) is 0 Å².